The predicted octanol–water partition coefficient (Wildman–Crippen LogP) is 21.7. The number of hydrogen-bond acceptors (Lipinski definition) is 2. The van der Waals surface area contributed by atoms with Gasteiger partial charge in [0.05, 0.1) is 11.4 Å². The lowest BCUT2D eigenvalue weighted by atomic mass is 9.33. The summed E-state index contributed by atoms with van der Waals surface area (Å²) in [6.07, 6.45) is 0. The second-order valence-corrected chi connectivity index (χ2v) is 26.1. The molecule has 2 heterocycles. The van der Waals surface area contributed by atoms with E-state index >= 15 is 0 Å². The average molecular weight is 1140 g/mol. The van der Waals surface area contributed by atoms with Crippen molar-refractivity contribution in [3.8, 4) is 89.0 Å². The smallest absolute Gasteiger partial charge is 0.252 e. The predicted molar refractivity (Wildman–Crippen MR) is 381 cm³/mol. The lowest BCUT2D eigenvalue weighted by Crippen LogP contribution is -2.61. The van der Waals surface area contributed by atoms with E-state index in [-0.39, 0.29) is 17.5 Å². The largest absolute Gasteiger partial charge is 0.310 e. The molecule has 0 fully saturated rings. The molecule has 13 aromatic carbocycles. The third-order valence-electron chi connectivity index (χ3n) is 18.4. The molecule has 0 amide bonds. The third-order valence-corrected chi connectivity index (χ3v) is 18.4. The molecule has 0 spiro atoms. The molecule has 0 aromatic heterocycles. The Labute approximate surface area is 525 Å². The van der Waals surface area contributed by atoms with Crippen LogP contribution in [0.15, 0.2) is 309 Å². The third kappa shape index (κ3) is 10.1. The van der Waals surface area contributed by atoms with Crippen molar-refractivity contribution >= 4 is 57.2 Å². The number of anilines is 6. The van der Waals surface area contributed by atoms with Gasteiger partial charge in [0.1, 0.15) is 0 Å². The highest BCUT2D eigenvalue weighted by Gasteiger charge is 2.45. The van der Waals surface area contributed by atoms with Crippen LogP contribution in [0.4, 0.5) is 34.1 Å². The van der Waals surface area contributed by atoms with Gasteiger partial charge in [-0.05, 0) is 154 Å². The minimum absolute atomic E-state index is 0.0231. The van der Waals surface area contributed by atoms with Crippen molar-refractivity contribution in [2.45, 2.75) is 52.4 Å². The molecule has 0 unspecified atom stereocenters. The number of rotatable bonds is 10. The summed E-state index contributed by atoms with van der Waals surface area (Å²) >= 11 is 0. The minimum Gasteiger partial charge on any atom is -0.310 e. The highest BCUT2D eigenvalue weighted by Crippen LogP contribution is 2.54. The summed E-state index contributed by atoms with van der Waals surface area (Å²) in [4.78, 5) is 5.28. The van der Waals surface area contributed by atoms with E-state index < -0.39 is 0 Å². The van der Waals surface area contributed by atoms with Crippen LogP contribution in [0.3, 0.4) is 0 Å². The van der Waals surface area contributed by atoms with Gasteiger partial charge in [-0.1, -0.05) is 302 Å². The van der Waals surface area contributed by atoms with Crippen molar-refractivity contribution in [1.29, 1.82) is 0 Å². The molecular weight excluding hydrogens is 1070 g/mol. The lowest BCUT2D eigenvalue weighted by Gasteiger charge is -2.46. The van der Waals surface area contributed by atoms with Crippen molar-refractivity contribution in [3.63, 3.8) is 0 Å². The Kier molecular flexibility index (Phi) is 13.8. The summed E-state index contributed by atoms with van der Waals surface area (Å²) in [5, 5.41) is 0. The molecule has 0 radical (unpaired) electrons. The summed E-state index contributed by atoms with van der Waals surface area (Å²) in [6, 6.07) is 116. The summed E-state index contributed by atoms with van der Waals surface area (Å²) < 4.78 is 0. The van der Waals surface area contributed by atoms with Gasteiger partial charge < -0.3 is 9.80 Å². The van der Waals surface area contributed by atoms with Gasteiger partial charge in [-0.3, -0.25) is 0 Å². The fourth-order valence-electron chi connectivity index (χ4n) is 13.8. The van der Waals surface area contributed by atoms with E-state index in [0.717, 1.165) is 78.6 Å². The van der Waals surface area contributed by atoms with Crippen LogP contribution in [-0.4, -0.2) is 6.71 Å². The first-order valence-corrected chi connectivity index (χ1v) is 31.3. The second kappa shape index (κ2) is 22.3. The molecule has 0 saturated heterocycles. The molecule has 0 saturated carbocycles. The van der Waals surface area contributed by atoms with Crippen LogP contribution >= 0.6 is 0 Å². The van der Waals surface area contributed by atoms with Crippen LogP contribution in [0.25, 0.3) is 89.0 Å². The number of nitrogens with zero attached hydrogens (tertiary/aromatic N) is 2. The molecule has 426 valence electrons. The van der Waals surface area contributed by atoms with E-state index in [0.29, 0.717) is 0 Å². The first-order valence-electron chi connectivity index (χ1n) is 31.3. The standard InChI is InChI=1S/C86H69BN2/c1-85(2,3)70-46-40-60(41-47-70)68-52-72(62-30-17-9-18-31-62)83(73(53-68)63-32-19-10-20-33-63)88-78-50-44-66(58-26-13-7-14-27-58)56-76(78)87-77-57-67(59-28-15-8-16-29-59)45-51-79(77)89(81-39-25-38-80(88)82(81)87)84-74(64-34-21-11-22-35-64)54-69(55-75(84)65-36-23-12-24-37-65)61-42-48-71(49-43-61)86(4,5)6/h7-57H,1-6H3. The van der Waals surface area contributed by atoms with Gasteiger partial charge in [0.15, 0.2) is 0 Å². The van der Waals surface area contributed by atoms with Crippen LogP contribution < -0.4 is 26.2 Å². The van der Waals surface area contributed by atoms with Crippen LogP contribution in [0.5, 0.6) is 0 Å². The molecule has 2 aliphatic heterocycles. The van der Waals surface area contributed by atoms with Gasteiger partial charge in [-0.2, -0.15) is 0 Å². The van der Waals surface area contributed by atoms with E-state index in [1.807, 2.05) is 0 Å². The summed E-state index contributed by atoms with van der Waals surface area (Å²) in [7, 11) is 0. The Balaban J connectivity index is 1.07. The van der Waals surface area contributed by atoms with E-state index in [4.69, 9.17) is 0 Å². The van der Waals surface area contributed by atoms with Crippen LogP contribution in [-0.2, 0) is 10.8 Å². The molecular formula is C86H69BN2. The van der Waals surface area contributed by atoms with Crippen LogP contribution in [0, 0.1) is 0 Å². The molecule has 0 N–H and O–H groups in total. The van der Waals surface area contributed by atoms with Gasteiger partial charge in [0, 0.05) is 45.0 Å². The van der Waals surface area contributed by atoms with Crippen molar-refractivity contribution < 1.29 is 0 Å². The molecule has 2 nitrogen and oxygen atoms in total. The van der Waals surface area contributed by atoms with E-state index in [1.54, 1.807) is 0 Å². The van der Waals surface area contributed by atoms with Gasteiger partial charge in [0.25, 0.3) is 6.71 Å². The molecule has 0 bridgehead atoms. The Morgan fingerprint density at radius 1 is 0.225 bits per heavy atom. The van der Waals surface area contributed by atoms with E-state index in [1.165, 1.54) is 72.0 Å². The molecule has 0 atom stereocenters. The van der Waals surface area contributed by atoms with Crippen molar-refractivity contribution in [1.82, 2.24) is 0 Å². The van der Waals surface area contributed by atoms with Crippen molar-refractivity contribution in [3.05, 3.63) is 321 Å². The quantitative estimate of drug-likeness (QED) is 0.126. The highest BCUT2D eigenvalue weighted by atomic mass is 15.2. The summed E-state index contributed by atoms with van der Waals surface area (Å²) in [6.45, 7) is 13.6. The Morgan fingerprint density at radius 2 is 0.494 bits per heavy atom. The van der Waals surface area contributed by atoms with Crippen LogP contribution in [0.2, 0.25) is 0 Å². The van der Waals surface area contributed by atoms with Gasteiger partial charge in [-0.25, -0.2) is 0 Å². The van der Waals surface area contributed by atoms with Crippen molar-refractivity contribution in [2.75, 3.05) is 9.80 Å². The topological polar surface area (TPSA) is 6.48 Å². The minimum atomic E-state index is -0.173. The SMILES string of the molecule is CC(C)(C)c1ccc(-c2cc(-c3ccccc3)c(N3c4ccc(-c5ccccc5)cc4B4c5cc(-c6ccccc6)ccc5N(c5c(-c6ccccc6)cc(-c6ccc(C(C)(C)C)cc6)cc5-c5ccccc5)c5cccc3c54)c(-c3ccccc3)c2)cc1. The maximum absolute atomic E-state index is 2.64. The van der Waals surface area contributed by atoms with Gasteiger partial charge in [0.2, 0.25) is 0 Å². The van der Waals surface area contributed by atoms with E-state index in [9.17, 15) is 0 Å². The summed E-state index contributed by atoms with van der Waals surface area (Å²) in [5.41, 5.74) is 31.9. The van der Waals surface area contributed by atoms with Gasteiger partial charge in [-0.15, -0.1) is 0 Å². The maximum atomic E-state index is 2.64. The monoisotopic (exact) mass is 1140 g/mol. The average Bonchev–Trinajstić information content (AvgIpc) is 0.704. The Hall–Kier alpha value is -10.5. The first-order chi connectivity index (χ1) is 43.4. The normalized spacial score (nSPS) is 12.5. The first kappa shape index (κ1) is 55.1. The maximum Gasteiger partial charge on any atom is 0.252 e. The van der Waals surface area contributed by atoms with E-state index in [2.05, 4.69) is 361 Å². The fourth-order valence-corrected chi connectivity index (χ4v) is 13.8. The zero-order valence-corrected chi connectivity index (χ0v) is 51.4. The molecule has 15 rings (SSSR count). The molecule has 3 heteroatoms. The fraction of sp³-hybridized carbons (Fsp3) is 0.0930. The zero-order chi connectivity index (χ0) is 60.4. The van der Waals surface area contributed by atoms with Crippen LogP contribution in [0.1, 0.15) is 52.7 Å². The molecule has 89 heavy (non-hydrogen) atoms. The number of hydrogen-bond donors (Lipinski definition) is 0. The molecule has 2 aliphatic rings. The highest BCUT2D eigenvalue weighted by molar-refractivity contribution is 7.00. The number of benzene rings is 13. The Bertz CT molecular complexity index is 4320. The second-order valence-electron chi connectivity index (χ2n) is 26.1. The zero-order valence-electron chi connectivity index (χ0n) is 51.4. The summed E-state index contributed by atoms with van der Waals surface area (Å²) in [5.74, 6) is 0. The Morgan fingerprint density at radius 3 is 0.787 bits per heavy atom. The number of fused-ring (bicyclic) bond motifs is 4. The molecule has 13 aromatic rings. The molecule has 0 aliphatic carbocycles. The van der Waals surface area contributed by atoms with Crippen molar-refractivity contribution in [2.24, 2.45) is 0 Å². The van der Waals surface area contributed by atoms with Gasteiger partial charge >= 0.3 is 0 Å². The lowest BCUT2D eigenvalue weighted by molar-refractivity contribution is 0.590.